The minimum Gasteiger partial charge on any atom is -0.532 e. The predicted octanol–water partition coefficient (Wildman–Crippen LogP) is -0.730. The predicted molar refractivity (Wildman–Crippen MR) is 14.8 cm³/mol. The van der Waals surface area contributed by atoms with Crippen LogP contribution in [0, 0.1) is 0 Å². The van der Waals surface area contributed by atoms with E-state index in [-0.39, 0.29) is 32.7 Å². The van der Waals surface area contributed by atoms with Crippen molar-refractivity contribution in [1.82, 2.24) is 5.32 Å². The molecular weight excluding hydrogens is 143 g/mol. The summed E-state index contributed by atoms with van der Waals surface area (Å²) < 4.78 is 0. The SMILES string of the molecule is CN[C-]=O.[Y]. The summed E-state index contributed by atoms with van der Waals surface area (Å²) >= 11 is 0. The van der Waals surface area contributed by atoms with Gasteiger partial charge in [0.1, 0.15) is 0 Å². The van der Waals surface area contributed by atoms with E-state index in [1.807, 2.05) is 0 Å². The summed E-state index contributed by atoms with van der Waals surface area (Å²) in [6.45, 7) is 0. The topological polar surface area (TPSA) is 29.1 Å². The molecule has 0 atom stereocenters. The number of amides is 1. The standard InChI is InChI=1S/C2H4NO.Y/c1-3-2-4;/h1H3,(H,3,4);/q-1;. The second kappa shape index (κ2) is 8.82. The van der Waals surface area contributed by atoms with Crippen LogP contribution in [0.3, 0.4) is 0 Å². The maximum atomic E-state index is 8.94. The van der Waals surface area contributed by atoms with Gasteiger partial charge in [-0.2, -0.15) is 6.41 Å². The van der Waals surface area contributed by atoms with Gasteiger partial charge in [0.15, 0.2) is 0 Å². The fourth-order valence-corrected chi connectivity index (χ4v) is 0. The van der Waals surface area contributed by atoms with Crippen molar-refractivity contribution in [3.63, 3.8) is 0 Å². The van der Waals surface area contributed by atoms with Crippen LogP contribution < -0.4 is 5.32 Å². The van der Waals surface area contributed by atoms with Crippen LogP contribution in [0.5, 0.6) is 0 Å². The Labute approximate surface area is 56.2 Å². The van der Waals surface area contributed by atoms with E-state index in [4.69, 9.17) is 4.79 Å². The molecule has 0 fully saturated rings. The van der Waals surface area contributed by atoms with Crippen molar-refractivity contribution in [3.8, 4) is 0 Å². The molecule has 0 saturated heterocycles. The molecule has 1 N–H and O–H groups in total. The molecule has 1 radical (unpaired) electrons. The largest absolute Gasteiger partial charge is 0.532 e. The Morgan fingerprint density at radius 3 is 2.00 bits per heavy atom. The fraction of sp³-hybridized carbons (Fsp3) is 0.500. The van der Waals surface area contributed by atoms with Crippen LogP contribution in [0.25, 0.3) is 0 Å². The smallest absolute Gasteiger partial charge is 0 e. The summed E-state index contributed by atoms with van der Waals surface area (Å²) in [5.74, 6) is 0. The van der Waals surface area contributed by atoms with E-state index in [0.29, 0.717) is 0 Å². The molecule has 0 aliphatic carbocycles. The number of rotatable bonds is 1. The average Bonchev–Trinajstić information content (AvgIpc) is 1.37. The molecule has 0 heterocycles. The van der Waals surface area contributed by atoms with Crippen molar-refractivity contribution in [2.75, 3.05) is 7.05 Å². The minimum absolute atomic E-state index is 0. The first-order chi connectivity index (χ1) is 1.91. The molecule has 5 heavy (non-hydrogen) atoms. The molecule has 1 amide bonds. The zero-order valence-electron chi connectivity index (χ0n) is 2.99. The molecule has 0 unspecified atom stereocenters. The number of nitrogens with one attached hydrogen (secondary N) is 1. The van der Waals surface area contributed by atoms with Gasteiger partial charge in [-0.25, -0.2) is 0 Å². The number of hydrogen-bond donors (Lipinski definition) is 1. The fourth-order valence-electron chi connectivity index (χ4n) is 0. The average molecular weight is 147 g/mol. The Morgan fingerprint density at radius 2 is 2.00 bits per heavy atom. The summed E-state index contributed by atoms with van der Waals surface area (Å²) in [6.07, 6.45) is 1.43. The van der Waals surface area contributed by atoms with Gasteiger partial charge in [0.2, 0.25) is 0 Å². The zero-order valence-corrected chi connectivity index (χ0v) is 5.82. The molecule has 0 saturated carbocycles. The van der Waals surface area contributed by atoms with Crippen LogP contribution in [0.15, 0.2) is 0 Å². The first-order valence-corrected chi connectivity index (χ1v) is 0.954. The molecule has 0 aromatic carbocycles. The number of carbonyl (C=O) groups excluding carboxylic acids is 1. The van der Waals surface area contributed by atoms with Crippen LogP contribution in [-0.4, -0.2) is 13.5 Å². The third kappa shape index (κ3) is 12.2. The van der Waals surface area contributed by atoms with Crippen molar-refractivity contribution >= 4 is 6.41 Å². The molecule has 0 spiro atoms. The van der Waals surface area contributed by atoms with E-state index in [2.05, 4.69) is 5.32 Å². The van der Waals surface area contributed by atoms with Crippen LogP contribution in [0.1, 0.15) is 0 Å². The first kappa shape index (κ1) is 9.13. The van der Waals surface area contributed by atoms with Gasteiger partial charge in [-0.3, -0.25) is 0 Å². The minimum atomic E-state index is 0. The van der Waals surface area contributed by atoms with Gasteiger partial charge < -0.3 is 10.1 Å². The van der Waals surface area contributed by atoms with Crippen LogP contribution in [0.4, 0.5) is 0 Å². The van der Waals surface area contributed by atoms with Gasteiger partial charge in [0, 0.05) is 32.7 Å². The summed E-state index contributed by atoms with van der Waals surface area (Å²) in [7, 11) is 1.51. The van der Waals surface area contributed by atoms with Gasteiger partial charge in [0.05, 0.1) is 0 Å². The van der Waals surface area contributed by atoms with Gasteiger partial charge >= 0.3 is 0 Å². The molecular formula is C2H4NOY-. The van der Waals surface area contributed by atoms with Gasteiger partial charge in [-0.15, -0.1) is 0 Å². The molecule has 0 aliphatic heterocycles. The van der Waals surface area contributed by atoms with Crippen LogP contribution in [-0.2, 0) is 37.5 Å². The van der Waals surface area contributed by atoms with Gasteiger partial charge in [-0.1, -0.05) is 0 Å². The Morgan fingerprint density at radius 1 is 1.80 bits per heavy atom. The van der Waals surface area contributed by atoms with Crippen molar-refractivity contribution in [3.05, 3.63) is 0 Å². The third-order valence-electron chi connectivity index (χ3n) is 0.102. The van der Waals surface area contributed by atoms with E-state index in [9.17, 15) is 0 Å². The quantitative estimate of drug-likeness (QED) is 0.384. The van der Waals surface area contributed by atoms with E-state index >= 15 is 0 Å². The summed E-state index contributed by atoms with van der Waals surface area (Å²) in [4.78, 5) is 8.94. The first-order valence-electron chi connectivity index (χ1n) is 0.954. The Balaban J connectivity index is 0. The monoisotopic (exact) mass is 147 g/mol. The molecule has 0 aromatic rings. The molecule has 0 bridgehead atoms. The molecule has 0 aliphatic rings. The Hall–Kier alpha value is 0.574. The maximum Gasteiger partial charge on any atom is 0 e. The molecule has 27 valence electrons. The van der Waals surface area contributed by atoms with Crippen molar-refractivity contribution in [2.24, 2.45) is 0 Å². The van der Waals surface area contributed by atoms with Crippen molar-refractivity contribution in [2.45, 2.75) is 0 Å². The molecule has 2 nitrogen and oxygen atoms in total. The summed E-state index contributed by atoms with van der Waals surface area (Å²) in [5.41, 5.74) is 0. The van der Waals surface area contributed by atoms with Crippen molar-refractivity contribution < 1.29 is 37.5 Å². The Bertz CT molecular complexity index is 23.6. The molecule has 3 heteroatoms. The van der Waals surface area contributed by atoms with E-state index in [0.717, 1.165) is 0 Å². The normalized spacial score (nSPS) is 4.20. The Kier molecular flexibility index (Phi) is 16.1. The van der Waals surface area contributed by atoms with Gasteiger partial charge in [0.25, 0.3) is 0 Å². The maximum absolute atomic E-state index is 8.94. The van der Waals surface area contributed by atoms with E-state index in [1.165, 1.54) is 13.5 Å². The second-order valence-corrected chi connectivity index (χ2v) is 0.352. The van der Waals surface area contributed by atoms with Gasteiger partial charge in [-0.05, 0) is 7.05 Å². The second-order valence-electron chi connectivity index (χ2n) is 0.352. The van der Waals surface area contributed by atoms with E-state index in [1.54, 1.807) is 0 Å². The van der Waals surface area contributed by atoms with Crippen LogP contribution in [0.2, 0.25) is 0 Å². The third-order valence-corrected chi connectivity index (χ3v) is 0.102. The summed E-state index contributed by atoms with van der Waals surface area (Å²) in [6, 6.07) is 0. The zero-order chi connectivity index (χ0) is 3.41. The molecule has 0 aromatic heterocycles. The van der Waals surface area contributed by atoms with Crippen LogP contribution >= 0.6 is 0 Å². The van der Waals surface area contributed by atoms with E-state index < -0.39 is 0 Å². The summed E-state index contributed by atoms with van der Waals surface area (Å²) in [5, 5.41) is 2.12. The molecule has 0 rings (SSSR count). The number of hydrogen-bond acceptors (Lipinski definition) is 1. The van der Waals surface area contributed by atoms with Crippen molar-refractivity contribution in [1.29, 1.82) is 0 Å².